The average molecular weight is 277 g/mol. The molecule has 5 heteroatoms. The standard InChI is InChI=1S/C15H19NO4/c1-11(6-7-17)9-16-15(18)5-3-12-2-4-13-14(8-12)20-10-19-13/h2-5,8,11,17H,6-7,9-10H2,1H3,(H,16,18). The van der Waals surface area contributed by atoms with Crippen LogP contribution in [0.5, 0.6) is 11.5 Å². The number of ether oxygens (including phenoxy) is 2. The number of nitrogens with one attached hydrogen (secondary N) is 1. The maximum Gasteiger partial charge on any atom is 0.244 e. The number of fused-ring (bicyclic) bond motifs is 1. The highest BCUT2D eigenvalue weighted by Crippen LogP contribution is 2.32. The van der Waals surface area contributed by atoms with Crippen LogP contribution in [0.1, 0.15) is 18.9 Å². The molecule has 1 atom stereocenters. The molecule has 1 amide bonds. The lowest BCUT2D eigenvalue weighted by molar-refractivity contribution is -0.116. The van der Waals surface area contributed by atoms with Crippen molar-refractivity contribution >= 4 is 12.0 Å². The molecule has 20 heavy (non-hydrogen) atoms. The Morgan fingerprint density at radius 1 is 1.45 bits per heavy atom. The van der Waals surface area contributed by atoms with Crippen molar-refractivity contribution in [3.63, 3.8) is 0 Å². The van der Waals surface area contributed by atoms with E-state index >= 15 is 0 Å². The Labute approximate surface area is 118 Å². The van der Waals surface area contributed by atoms with Gasteiger partial charge in [-0.15, -0.1) is 0 Å². The van der Waals surface area contributed by atoms with E-state index in [4.69, 9.17) is 14.6 Å². The Kier molecular flexibility index (Phi) is 5.01. The highest BCUT2D eigenvalue weighted by molar-refractivity contribution is 5.91. The average Bonchev–Trinajstić information content (AvgIpc) is 2.90. The van der Waals surface area contributed by atoms with E-state index in [1.54, 1.807) is 6.08 Å². The fourth-order valence-corrected chi connectivity index (χ4v) is 1.84. The van der Waals surface area contributed by atoms with E-state index in [1.807, 2.05) is 25.1 Å². The third-order valence-electron chi connectivity index (χ3n) is 3.07. The normalized spacial score (nSPS) is 14.5. The van der Waals surface area contributed by atoms with Gasteiger partial charge in [-0.05, 0) is 36.1 Å². The van der Waals surface area contributed by atoms with Crippen LogP contribution >= 0.6 is 0 Å². The summed E-state index contributed by atoms with van der Waals surface area (Å²) in [5.41, 5.74) is 0.882. The summed E-state index contributed by atoms with van der Waals surface area (Å²) in [6, 6.07) is 5.52. The van der Waals surface area contributed by atoms with Crippen molar-refractivity contribution in [2.45, 2.75) is 13.3 Å². The summed E-state index contributed by atoms with van der Waals surface area (Å²) in [5.74, 6) is 1.55. The van der Waals surface area contributed by atoms with E-state index in [9.17, 15) is 4.79 Å². The predicted molar refractivity (Wildman–Crippen MR) is 75.5 cm³/mol. The lowest BCUT2D eigenvalue weighted by atomic mass is 10.1. The van der Waals surface area contributed by atoms with Crippen molar-refractivity contribution in [2.75, 3.05) is 19.9 Å². The smallest absolute Gasteiger partial charge is 0.244 e. The summed E-state index contributed by atoms with van der Waals surface area (Å²) in [6.07, 6.45) is 3.91. The molecular formula is C15H19NO4. The topological polar surface area (TPSA) is 67.8 Å². The lowest BCUT2D eigenvalue weighted by Crippen LogP contribution is -2.26. The van der Waals surface area contributed by atoms with Crippen LogP contribution in [0.3, 0.4) is 0 Å². The summed E-state index contributed by atoms with van der Waals surface area (Å²) in [4.78, 5) is 11.6. The Morgan fingerprint density at radius 2 is 2.25 bits per heavy atom. The third kappa shape index (κ3) is 3.99. The Morgan fingerprint density at radius 3 is 3.05 bits per heavy atom. The summed E-state index contributed by atoms with van der Waals surface area (Å²) < 4.78 is 10.5. The minimum atomic E-state index is -0.146. The van der Waals surface area contributed by atoms with Gasteiger partial charge in [0.25, 0.3) is 0 Å². The first kappa shape index (κ1) is 14.4. The Bertz CT molecular complexity index is 499. The molecule has 0 aromatic heterocycles. The fraction of sp³-hybridized carbons (Fsp3) is 0.400. The van der Waals surface area contributed by atoms with Crippen molar-refractivity contribution in [3.8, 4) is 11.5 Å². The number of benzene rings is 1. The number of aliphatic hydroxyl groups is 1. The van der Waals surface area contributed by atoms with Crippen molar-refractivity contribution in [1.82, 2.24) is 5.32 Å². The first-order valence-electron chi connectivity index (χ1n) is 6.65. The second kappa shape index (κ2) is 6.96. The van der Waals surface area contributed by atoms with E-state index in [-0.39, 0.29) is 25.2 Å². The molecule has 1 unspecified atom stereocenters. The van der Waals surface area contributed by atoms with Gasteiger partial charge in [0.05, 0.1) is 0 Å². The van der Waals surface area contributed by atoms with Crippen molar-refractivity contribution < 1.29 is 19.4 Å². The van der Waals surface area contributed by atoms with Crippen LogP contribution in [0.2, 0.25) is 0 Å². The molecule has 0 saturated carbocycles. The highest BCUT2D eigenvalue weighted by Gasteiger charge is 2.12. The van der Waals surface area contributed by atoms with Gasteiger partial charge in [0.1, 0.15) is 0 Å². The van der Waals surface area contributed by atoms with Gasteiger partial charge in [0, 0.05) is 19.2 Å². The van der Waals surface area contributed by atoms with Crippen molar-refractivity contribution in [3.05, 3.63) is 29.8 Å². The minimum Gasteiger partial charge on any atom is -0.454 e. The lowest BCUT2D eigenvalue weighted by Gasteiger charge is -2.09. The number of amides is 1. The largest absolute Gasteiger partial charge is 0.454 e. The second-order valence-electron chi connectivity index (χ2n) is 4.81. The first-order valence-corrected chi connectivity index (χ1v) is 6.65. The van der Waals surface area contributed by atoms with Gasteiger partial charge >= 0.3 is 0 Å². The summed E-state index contributed by atoms with van der Waals surface area (Å²) in [6.45, 7) is 2.93. The van der Waals surface area contributed by atoms with Gasteiger partial charge in [0.15, 0.2) is 11.5 Å². The quantitative estimate of drug-likeness (QED) is 0.774. The minimum absolute atomic E-state index is 0.143. The molecule has 1 aromatic rings. The van der Waals surface area contributed by atoms with E-state index in [2.05, 4.69) is 5.32 Å². The van der Waals surface area contributed by atoms with E-state index in [1.165, 1.54) is 6.08 Å². The molecule has 5 nitrogen and oxygen atoms in total. The van der Waals surface area contributed by atoms with E-state index in [0.29, 0.717) is 18.7 Å². The van der Waals surface area contributed by atoms with Crippen LogP contribution in [0, 0.1) is 5.92 Å². The molecule has 0 spiro atoms. The second-order valence-corrected chi connectivity index (χ2v) is 4.81. The molecule has 0 saturated heterocycles. The number of carbonyl (C=O) groups is 1. The molecule has 2 rings (SSSR count). The third-order valence-corrected chi connectivity index (χ3v) is 3.07. The molecule has 0 fully saturated rings. The monoisotopic (exact) mass is 277 g/mol. The van der Waals surface area contributed by atoms with Gasteiger partial charge < -0.3 is 19.9 Å². The molecule has 1 aliphatic rings. The zero-order valence-electron chi connectivity index (χ0n) is 11.5. The molecule has 1 aromatic carbocycles. The molecular weight excluding hydrogens is 258 g/mol. The van der Waals surface area contributed by atoms with Crippen LogP contribution in [0.25, 0.3) is 6.08 Å². The first-order chi connectivity index (χ1) is 9.69. The van der Waals surface area contributed by atoms with Crippen LogP contribution in [-0.4, -0.2) is 31.0 Å². The Balaban J connectivity index is 1.84. The van der Waals surface area contributed by atoms with Crippen molar-refractivity contribution in [1.29, 1.82) is 0 Å². The molecule has 2 N–H and O–H groups in total. The zero-order valence-corrected chi connectivity index (χ0v) is 11.5. The Hall–Kier alpha value is -2.01. The van der Waals surface area contributed by atoms with Gasteiger partial charge in [-0.1, -0.05) is 13.0 Å². The molecule has 1 aliphatic heterocycles. The number of hydrogen-bond acceptors (Lipinski definition) is 4. The molecule has 108 valence electrons. The SMILES string of the molecule is CC(CCO)CNC(=O)C=Cc1ccc2c(c1)OCO2. The van der Waals surface area contributed by atoms with E-state index in [0.717, 1.165) is 11.3 Å². The molecule has 1 heterocycles. The number of aliphatic hydroxyl groups excluding tert-OH is 1. The summed E-state index contributed by atoms with van der Waals surface area (Å²) in [7, 11) is 0. The number of hydrogen-bond donors (Lipinski definition) is 2. The summed E-state index contributed by atoms with van der Waals surface area (Å²) >= 11 is 0. The van der Waals surface area contributed by atoms with Crippen LogP contribution in [0.15, 0.2) is 24.3 Å². The maximum absolute atomic E-state index is 11.6. The van der Waals surface area contributed by atoms with Crippen LogP contribution < -0.4 is 14.8 Å². The van der Waals surface area contributed by atoms with Crippen LogP contribution in [-0.2, 0) is 4.79 Å². The molecule has 0 radical (unpaired) electrons. The van der Waals surface area contributed by atoms with Gasteiger partial charge in [-0.3, -0.25) is 4.79 Å². The zero-order chi connectivity index (χ0) is 14.4. The van der Waals surface area contributed by atoms with Crippen LogP contribution in [0.4, 0.5) is 0 Å². The summed E-state index contributed by atoms with van der Waals surface area (Å²) in [5, 5.41) is 11.6. The number of rotatable bonds is 6. The highest BCUT2D eigenvalue weighted by atomic mass is 16.7. The van der Waals surface area contributed by atoms with E-state index < -0.39 is 0 Å². The maximum atomic E-state index is 11.6. The molecule has 0 aliphatic carbocycles. The predicted octanol–water partition coefficient (Wildman–Crippen LogP) is 1.56. The van der Waals surface area contributed by atoms with Crippen molar-refractivity contribution in [2.24, 2.45) is 5.92 Å². The molecule has 0 bridgehead atoms. The fourth-order valence-electron chi connectivity index (χ4n) is 1.84. The van der Waals surface area contributed by atoms with Gasteiger partial charge in [-0.25, -0.2) is 0 Å². The van der Waals surface area contributed by atoms with Gasteiger partial charge in [-0.2, -0.15) is 0 Å². The van der Waals surface area contributed by atoms with Gasteiger partial charge in [0.2, 0.25) is 12.7 Å². The number of carbonyl (C=O) groups excluding carboxylic acids is 1.